The number of rotatable bonds is 4. The SMILES string of the molecule is CC(C)CCCc1cc(F)cc2c1OCC2. The van der Waals surface area contributed by atoms with Crippen molar-refractivity contribution in [2.45, 2.75) is 39.5 Å². The lowest BCUT2D eigenvalue weighted by Gasteiger charge is -2.09. The second kappa shape index (κ2) is 4.86. The molecule has 2 rings (SSSR count). The predicted molar refractivity (Wildman–Crippen MR) is 63.4 cm³/mol. The van der Waals surface area contributed by atoms with Crippen LogP contribution in [0.5, 0.6) is 5.75 Å². The van der Waals surface area contributed by atoms with Gasteiger partial charge in [0.1, 0.15) is 11.6 Å². The molecule has 0 saturated heterocycles. The molecule has 1 heterocycles. The summed E-state index contributed by atoms with van der Waals surface area (Å²) >= 11 is 0. The lowest BCUT2D eigenvalue weighted by atomic mass is 10.00. The third kappa shape index (κ3) is 2.55. The van der Waals surface area contributed by atoms with Crippen molar-refractivity contribution in [1.29, 1.82) is 0 Å². The molecule has 2 heteroatoms. The van der Waals surface area contributed by atoms with Crippen molar-refractivity contribution in [2.75, 3.05) is 6.61 Å². The lowest BCUT2D eigenvalue weighted by molar-refractivity contribution is 0.352. The Morgan fingerprint density at radius 3 is 2.94 bits per heavy atom. The van der Waals surface area contributed by atoms with E-state index in [-0.39, 0.29) is 5.82 Å². The van der Waals surface area contributed by atoms with Crippen LogP contribution < -0.4 is 4.74 Å². The number of fused-ring (bicyclic) bond motifs is 1. The Hall–Kier alpha value is -1.05. The van der Waals surface area contributed by atoms with Gasteiger partial charge >= 0.3 is 0 Å². The quantitative estimate of drug-likeness (QED) is 0.754. The molecule has 1 aromatic rings. The van der Waals surface area contributed by atoms with Crippen LogP contribution in [0, 0.1) is 11.7 Å². The van der Waals surface area contributed by atoms with Crippen LogP contribution in [0.3, 0.4) is 0 Å². The maximum absolute atomic E-state index is 13.4. The van der Waals surface area contributed by atoms with Gasteiger partial charge in [-0.2, -0.15) is 0 Å². The predicted octanol–water partition coefficient (Wildman–Crippen LogP) is 3.74. The van der Waals surface area contributed by atoms with Gasteiger partial charge in [0.2, 0.25) is 0 Å². The molecule has 0 fully saturated rings. The third-order valence-electron chi connectivity index (χ3n) is 3.05. The monoisotopic (exact) mass is 222 g/mol. The third-order valence-corrected chi connectivity index (χ3v) is 3.05. The van der Waals surface area contributed by atoms with Gasteiger partial charge in [0.05, 0.1) is 6.61 Å². The van der Waals surface area contributed by atoms with Crippen LogP contribution in [-0.2, 0) is 12.8 Å². The lowest BCUT2D eigenvalue weighted by Crippen LogP contribution is -1.95. The Bertz CT molecular complexity index is 371. The Morgan fingerprint density at radius 2 is 2.19 bits per heavy atom. The molecule has 0 radical (unpaired) electrons. The molecule has 88 valence electrons. The van der Waals surface area contributed by atoms with Gasteiger partial charge in [-0.15, -0.1) is 0 Å². The van der Waals surface area contributed by atoms with Crippen molar-refractivity contribution in [2.24, 2.45) is 5.92 Å². The highest BCUT2D eigenvalue weighted by Crippen LogP contribution is 2.31. The molecule has 0 bridgehead atoms. The molecule has 0 amide bonds. The molecule has 1 nitrogen and oxygen atoms in total. The van der Waals surface area contributed by atoms with E-state index in [1.165, 1.54) is 6.42 Å². The number of aryl methyl sites for hydroxylation is 1. The van der Waals surface area contributed by atoms with Gasteiger partial charge in [-0.3, -0.25) is 0 Å². The van der Waals surface area contributed by atoms with Crippen LogP contribution >= 0.6 is 0 Å². The van der Waals surface area contributed by atoms with E-state index in [0.29, 0.717) is 12.5 Å². The number of halogens is 1. The van der Waals surface area contributed by atoms with E-state index in [9.17, 15) is 4.39 Å². The van der Waals surface area contributed by atoms with Crippen LogP contribution in [0.2, 0.25) is 0 Å². The minimum atomic E-state index is -0.121. The minimum absolute atomic E-state index is 0.121. The van der Waals surface area contributed by atoms with Crippen molar-refractivity contribution < 1.29 is 9.13 Å². The Morgan fingerprint density at radius 1 is 1.38 bits per heavy atom. The molecule has 1 aliphatic rings. The van der Waals surface area contributed by atoms with Gasteiger partial charge in [-0.25, -0.2) is 4.39 Å². The molecule has 0 unspecified atom stereocenters. The van der Waals surface area contributed by atoms with E-state index in [1.807, 2.05) is 0 Å². The highest BCUT2D eigenvalue weighted by Gasteiger charge is 2.17. The summed E-state index contributed by atoms with van der Waals surface area (Å²) in [4.78, 5) is 0. The van der Waals surface area contributed by atoms with Gasteiger partial charge < -0.3 is 4.74 Å². The summed E-state index contributed by atoms with van der Waals surface area (Å²) in [7, 11) is 0. The molecule has 0 aromatic heterocycles. The topological polar surface area (TPSA) is 9.23 Å². The van der Waals surface area contributed by atoms with E-state index in [0.717, 1.165) is 36.1 Å². The standard InChI is InChI=1S/C14H19FO/c1-10(2)4-3-5-11-8-13(15)9-12-6-7-16-14(11)12/h8-10H,3-7H2,1-2H3. The maximum Gasteiger partial charge on any atom is 0.126 e. The average molecular weight is 222 g/mol. The molecule has 1 aliphatic heterocycles. The van der Waals surface area contributed by atoms with Crippen LogP contribution in [0.25, 0.3) is 0 Å². The number of ether oxygens (including phenoxy) is 1. The van der Waals surface area contributed by atoms with Gasteiger partial charge in [0.25, 0.3) is 0 Å². The first-order valence-electron chi connectivity index (χ1n) is 6.11. The van der Waals surface area contributed by atoms with Crippen molar-refractivity contribution in [3.05, 3.63) is 29.1 Å². The maximum atomic E-state index is 13.4. The highest BCUT2D eigenvalue weighted by molar-refractivity contribution is 5.44. The Balaban J connectivity index is 2.08. The van der Waals surface area contributed by atoms with Crippen molar-refractivity contribution in [1.82, 2.24) is 0 Å². The first-order valence-corrected chi connectivity index (χ1v) is 6.11. The molecule has 0 N–H and O–H groups in total. The largest absolute Gasteiger partial charge is 0.493 e. The summed E-state index contributed by atoms with van der Waals surface area (Å²) < 4.78 is 18.9. The molecular formula is C14H19FO. The summed E-state index contributed by atoms with van der Waals surface area (Å²) in [5, 5.41) is 0. The molecule has 16 heavy (non-hydrogen) atoms. The summed E-state index contributed by atoms with van der Waals surface area (Å²) in [6.07, 6.45) is 4.07. The number of hydrogen-bond donors (Lipinski definition) is 0. The average Bonchev–Trinajstić information content (AvgIpc) is 2.64. The van der Waals surface area contributed by atoms with Crippen molar-refractivity contribution in [3.63, 3.8) is 0 Å². The zero-order valence-electron chi connectivity index (χ0n) is 10.1. The molecule has 1 aromatic carbocycles. The van der Waals surface area contributed by atoms with E-state index in [4.69, 9.17) is 4.74 Å². The zero-order valence-corrected chi connectivity index (χ0v) is 10.1. The fourth-order valence-corrected chi connectivity index (χ4v) is 2.23. The summed E-state index contributed by atoms with van der Waals surface area (Å²) in [5.74, 6) is 1.54. The van der Waals surface area contributed by atoms with Crippen LogP contribution in [0.4, 0.5) is 4.39 Å². The van der Waals surface area contributed by atoms with Gasteiger partial charge in [-0.05, 0) is 36.5 Å². The van der Waals surface area contributed by atoms with Gasteiger partial charge in [0, 0.05) is 12.0 Å². The second-order valence-corrected chi connectivity index (χ2v) is 4.94. The van der Waals surface area contributed by atoms with E-state index < -0.39 is 0 Å². The molecule has 0 atom stereocenters. The number of hydrogen-bond acceptors (Lipinski definition) is 1. The fraction of sp³-hybridized carbons (Fsp3) is 0.571. The minimum Gasteiger partial charge on any atom is -0.493 e. The Kier molecular flexibility index (Phi) is 3.47. The fourth-order valence-electron chi connectivity index (χ4n) is 2.23. The van der Waals surface area contributed by atoms with E-state index >= 15 is 0 Å². The van der Waals surface area contributed by atoms with Crippen LogP contribution in [0.1, 0.15) is 37.8 Å². The smallest absolute Gasteiger partial charge is 0.126 e. The first-order chi connectivity index (χ1) is 7.66. The molecule has 0 saturated carbocycles. The summed E-state index contributed by atoms with van der Waals surface area (Å²) in [6, 6.07) is 3.23. The van der Waals surface area contributed by atoms with E-state index in [1.54, 1.807) is 12.1 Å². The van der Waals surface area contributed by atoms with E-state index in [2.05, 4.69) is 13.8 Å². The van der Waals surface area contributed by atoms with Crippen LogP contribution in [0.15, 0.2) is 12.1 Å². The molecule has 0 spiro atoms. The second-order valence-electron chi connectivity index (χ2n) is 4.94. The molecular weight excluding hydrogens is 203 g/mol. The van der Waals surface area contributed by atoms with Gasteiger partial charge in [0.15, 0.2) is 0 Å². The molecule has 0 aliphatic carbocycles. The van der Waals surface area contributed by atoms with Gasteiger partial charge in [-0.1, -0.05) is 20.3 Å². The van der Waals surface area contributed by atoms with Crippen molar-refractivity contribution in [3.8, 4) is 5.75 Å². The summed E-state index contributed by atoms with van der Waals surface area (Å²) in [6.45, 7) is 5.13. The first kappa shape index (κ1) is 11.4. The normalized spacial score (nSPS) is 14.0. The Labute approximate surface area is 96.6 Å². The summed E-state index contributed by atoms with van der Waals surface area (Å²) in [5.41, 5.74) is 2.09. The number of benzene rings is 1. The van der Waals surface area contributed by atoms with Crippen molar-refractivity contribution >= 4 is 0 Å². The highest BCUT2D eigenvalue weighted by atomic mass is 19.1. The zero-order chi connectivity index (χ0) is 11.5. The van der Waals surface area contributed by atoms with Crippen LogP contribution in [-0.4, -0.2) is 6.61 Å².